The number of alkyl halides is 6. The number of fused-ring (bicyclic) bond motifs is 1. The van der Waals surface area contributed by atoms with Crippen molar-refractivity contribution in [2.75, 3.05) is 5.32 Å². The highest BCUT2D eigenvalue weighted by Crippen LogP contribution is 2.35. The van der Waals surface area contributed by atoms with Crippen LogP contribution in [0, 0.1) is 13.8 Å². The van der Waals surface area contributed by atoms with Crippen LogP contribution in [0.3, 0.4) is 0 Å². The molecule has 0 saturated carbocycles. The Morgan fingerprint density at radius 1 is 1.22 bits per heavy atom. The summed E-state index contributed by atoms with van der Waals surface area (Å²) in [6, 6.07) is 2.04. The fourth-order valence-electron chi connectivity index (χ4n) is 2.38. The topological polar surface area (TPSA) is 88.0 Å². The van der Waals surface area contributed by atoms with Crippen LogP contribution in [0.2, 0.25) is 0 Å². The highest BCUT2D eigenvalue weighted by atomic mass is 35.5. The SMILES string of the molecule is Cc1cc(C(F)(F)Cl)n2nc(C(=O)Nc3c(C(F)(F)F)n[nH]c3C)cc2n1. The van der Waals surface area contributed by atoms with E-state index in [4.69, 9.17) is 11.6 Å². The van der Waals surface area contributed by atoms with E-state index in [1.807, 2.05) is 5.32 Å². The van der Waals surface area contributed by atoms with E-state index < -0.39 is 40.2 Å². The molecule has 7 nitrogen and oxygen atoms in total. The standard InChI is InChI=1S/C14H10ClF5N6O/c1-5-3-8(13(15,16)17)26-9(21-5)4-7(25-26)12(27)22-10-6(2)23-24-11(10)14(18,19)20/h3-4H,1-2H3,(H,22,27)(H,23,24). The lowest BCUT2D eigenvalue weighted by atomic mass is 10.2. The first-order valence-electron chi connectivity index (χ1n) is 7.26. The molecule has 2 N–H and O–H groups in total. The summed E-state index contributed by atoms with van der Waals surface area (Å²) in [5.74, 6) is -1.06. The number of aromatic nitrogens is 5. The van der Waals surface area contributed by atoms with Gasteiger partial charge in [-0.05, 0) is 31.5 Å². The zero-order chi connectivity index (χ0) is 20.1. The summed E-state index contributed by atoms with van der Waals surface area (Å²) >= 11 is 5.05. The predicted molar refractivity (Wildman–Crippen MR) is 83.8 cm³/mol. The predicted octanol–water partition coefficient (Wildman–Crippen LogP) is 3.63. The highest BCUT2D eigenvalue weighted by Gasteiger charge is 2.38. The molecule has 0 aliphatic carbocycles. The fraction of sp³-hybridized carbons (Fsp3) is 0.286. The maximum atomic E-state index is 13.6. The van der Waals surface area contributed by atoms with Crippen LogP contribution in [0.25, 0.3) is 5.65 Å². The average molecular weight is 409 g/mol. The van der Waals surface area contributed by atoms with Gasteiger partial charge in [-0.15, -0.1) is 0 Å². The van der Waals surface area contributed by atoms with Gasteiger partial charge < -0.3 is 5.32 Å². The van der Waals surface area contributed by atoms with Crippen molar-refractivity contribution in [2.24, 2.45) is 0 Å². The van der Waals surface area contributed by atoms with Gasteiger partial charge in [-0.1, -0.05) is 0 Å². The van der Waals surface area contributed by atoms with Gasteiger partial charge in [0, 0.05) is 11.8 Å². The van der Waals surface area contributed by atoms with Crippen molar-refractivity contribution in [1.29, 1.82) is 0 Å². The molecule has 0 aliphatic rings. The lowest BCUT2D eigenvalue weighted by molar-refractivity contribution is -0.140. The first-order valence-corrected chi connectivity index (χ1v) is 7.64. The van der Waals surface area contributed by atoms with Gasteiger partial charge in [-0.25, -0.2) is 9.50 Å². The summed E-state index contributed by atoms with van der Waals surface area (Å²) in [6.07, 6.45) is -4.81. The molecule has 0 bridgehead atoms. The van der Waals surface area contributed by atoms with Crippen LogP contribution in [0.5, 0.6) is 0 Å². The van der Waals surface area contributed by atoms with Gasteiger partial charge in [-0.3, -0.25) is 9.89 Å². The zero-order valence-corrected chi connectivity index (χ0v) is 14.4. The van der Waals surface area contributed by atoms with Gasteiger partial charge in [0.1, 0.15) is 5.69 Å². The van der Waals surface area contributed by atoms with Crippen molar-refractivity contribution in [2.45, 2.75) is 25.4 Å². The van der Waals surface area contributed by atoms with Crippen molar-refractivity contribution in [1.82, 2.24) is 24.8 Å². The number of hydrogen-bond donors (Lipinski definition) is 2. The fourth-order valence-corrected chi connectivity index (χ4v) is 2.51. The molecule has 1 amide bonds. The summed E-state index contributed by atoms with van der Waals surface area (Å²) in [5, 5.41) is 7.17. The van der Waals surface area contributed by atoms with Gasteiger partial charge in [0.15, 0.2) is 17.0 Å². The number of aryl methyl sites for hydroxylation is 2. The molecule has 0 aliphatic heterocycles. The molecule has 0 spiro atoms. The third-order valence-corrected chi connectivity index (χ3v) is 3.73. The average Bonchev–Trinajstić information content (AvgIpc) is 3.09. The molecule has 3 heterocycles. The van der Waals surface area contributed by atoms with Crippen molar-refractivity contribution in [3.63, 3.8) is 0 Å². The smallest absolute Gasteiger partial charge is 0.317 e. The maximum absolute atomic E-state index is 13.6. The van der Waals surface area contributed by atoms with E-state index in [-0.39, 0.29) is 17.0 Å². The van der Waals surface area contributed by atoms with Crippen molar-refractivity contribution in [3.05, 3.63) is 40.6 Å². The summed E-state index contributed by atoms with van der Waals surface area (Å²) in [7, 11) is 0. The first kappa shape index (κ1) is 19.0. The summed E-state index contributed by atoms with van der Waals surface area (Å²) in [6.45, 7) is 2.71. The number of nitrogens with one attached hydrogen (secondary N) is 2. The van der Waals surface area contributed by atoms with E-state index in [1.165, 1.54) is 13.8 Å². The molecule has 3 rings (SSSR count). The molecule has 0 saturated heterocycles. The Kier molecular flexibility index (Phi) is 4.33. The van der Waals surface area contributed by atoms with Crippen LogP contribution in [0.15, 0.2) is 12.1 Å². The van der Waals surface area contributed by atoms with Gasteiger partial charge in [-0.2, -0.15) is 32.1 Å². The van der Waals surface area contributed by atoms with Crippen LogP contribution in [-0.2, 0) is 11.6 Å². The van der Waals surface area contributed by atoms with Gasteiger partial charge in [0.25, 0.3) is 5.91 Å². The maximum Gasteiger partial charge on any atom is 0.437 e. The second kappa shape index (κ2) is 6.15. The molecule has 13 heteroatoms. The van der Waals surface area contributed by atoms with Crippen molar-refractivity contribution < 1.29 is 26.7 Å². The normalized spacial score (nSPS) is 12.6. The van der Waals surface area contributed by atoms with Gasteiger partial charge in [0.2, 0.25) is 0 Å². The van der Waals surface area contributed by atoms with Crippen LogP contribution in [-0.4, -0.2) is 30.7 Å². The molecule has 3 aromatic heterocycles. The van der Waals surface area contributed by atoms with Crippen molar-refractivity contribution in [3.8, 4) is 0 Å². The monoisotopic (exact) mass is 408 g/mol. The number of aromatic amines is 1. The van der Waals surface area contributed by atoms with E-state index in [1.54, 1.807) is 0 Å². The van der Waals surface area contributed by atoms with E-state index in [0.29, 0.717) is 4.52 Å². The number of halogens is 6. The Hall–Kier alpha value is -2.76. The van der Waals surface area contributed by atoms with E-state index >= 15 is 0 Å². The second-order valence-electron chi connectivity index (χ2n) is 5.60. The highest BCUT2D eigenvalue weighted by molar-refractivity contribution is 6.21. The second-order valence-corrected chi connectivity index (χ2v) is 6.08. The molecule has 3 aromatic rings. The summed E-state index contributed by atoms with van der Waals surface area (Å²) in [4.78, 5) is 16.3. The minimum absolute atomic E-state index is 0.0404. The lowest BCUT2D eigenvalue weighted by Crippen LogP contribution is -2.18. The number of H-pyrrole nitrogens is 1. The first-order chi connectivity index (χ1) is 12.4. The Labute approximate surface area is 152 Å². The molecular formula is C14H10ClF5N6O. The molecular weight excluding hydrogens is 399 g/mol. The Morgan fingerprint density at radius 2 is 1.89 bits per heavy atom. The van der Waals surface area contributed by atoms with Crippen LogP contribution in [0.4, 0.5) is 27.6 Å². The van der Waals surface area contributed by atoms with E-state index in [0.717, 1.165) is 12.1 Å². The number of carbonyl (C=O) groups is 1. The Bertz CT molecular complexity index is 1040. The number of rotatable bonds is 3. The summed E-state index contributed by atoms with van der Waals surface area (Å²) < 4.78 is 66.6. The summed E-state index contributed by atoms with van der Waals surface area (Å²) in [5.41, 5.74) is -3.03. The molecule has 144 valence electrons. The quantitative estimate of drug-likeness (QED) is 0.511. The van der Waals surface area contributed by atoms with Crippen LogP contribution >= 0.6 is 11.6 Å². The molecule has 0 unspecified atom stereocenters. The Morgan fingerprint density at radius 3 is 2.48 bits per heavy atom. The van der Waals surface area contributed by atoms with Gasteiger partial charge >= 0.3 is 11.6 Å². The molecule has 0 aromatic carbocycles. The van der Waals surface area contributed by atoms with Gasteiger partial charge in [0.05, 0.1) is 11.4 Å². The van der Waals surface area contributed by atoms with Crippen LogP contribution in [0.1, 0.15) is 33.3 Å². The third kappa shape index (κ3) is 3.56. The number of carbonyl (C=O) groups excluding carboxylic acids is 1. The number of nitrogens with zero attached hydrogens (tertiary/aromatic N) is 4. The number of hydrogen-bond acceptors (Lipinski definition) is 4. The minimum atomic E-state index is -4.81. The molecule has 0 fully saturated rings. The number of anilines is 1. The van der Waals surface area contributed by atoms with Crippen LogP contribution < -0.4 is 5.32 Å². The van der Waals surface area contributed by atoms with E-state index in [2.05, 4.69) is 20.3 Å². The molecule has 0 radical (unpaired) electrons. The Balaban J connectivity index is 2.02. The number of amides is 1. The molecule has 0 atom stereocenters. The minimum Gasteiger partial charge on any atom is -0.317 e. The zero-order valence-electron chi connectivity index (χ0n) is 13.6. The van der Waals surface area contributed by atoms with Crippen molar-refractivity contribution >= 4 is 28.8 Å². The van der Waals surface area contributed by atoms with E-state index in [9.17, 15) is 26.7 Å². The third-order valence-electron chi connectivity index (χ3n) is 3.53. The largest absolute Gasteiger partial charge is 0.437 e. The lowest BCUT2D eigenvalue weighted by Gasteiger charge is -2.10. The molecule has 27 heavy (non-hydrogen) atoms.